The fourth-order valence-corrected chi connectivity index (χ4v) is 3.52. The fourth-order valence-electron chi connectivity index (χ4n) is 2.73. The van der Waals surface area contributed by atoms with E-state index in [1.165, 1.54) is 21.8 Å². The van der Waals surface area contributed by atoms with E-state index in [0.29, 0.717) is 5.69 Å². The average Bonchev–Trinajstić information content (AvgIpc) is 2.86. The van der Waals surface area contributed by atoms with Crippen LogP contribution in [0, 0.1) is 5.92 Å². The summed E-state index contributed by atoms with van der Waals surface area (Å²) in [6.07, 6.45) is 1.28. The van der Waals surface area contributed by atoms with E-state index in [9.17, 15) is 21.9 Å². The zero-order valence-corrected chi connectivity index (χ0v) is 13.3. The molecule has 2 heterocycles. The first kappa shape index (κ1) is 16.3. The van der Waals surface area contributed by atoms with E-state index < -0.39 is 27.5 Å². The highest BCUT2D eigenvalue weighted by atomic mass is 32.3. The number of halogens is 1. The Morgan fingerprint density at radius 2 is 1.88 bits per heavy atom. The van der Waals surface area contributed by atoms with Crippen LogP contribution in [0.3, 0.4) is 0 Å². The van der Waals surface area contributed by atoms with Gasteiger partial charge in [-0.1, -0.05) is 18.2 Å². The number of amides is 1. The number of hydrogen-bond acceptors (Lipinski definition) is 5. The molecule has 1 aliphatic rings. The molecule has 0 N–H and O–H groups in total. The Kier molecular flexibility index (Phi) is 4.18. The van der Waals surface area contributed by atoms with Gasteiger partial charge in [-0.3, -0.25) is 9.59 Å². The SMILES string of the molecule is O=C1CC(CS(=O)(=O)F)CN1c1cnn(-c2ccccc2)c(=O)c1. The zero-order valence-electron chi connectivity index (χ0n) is 12.5. The smallest absolute Gasteiger partial charge is 0.302 e. The quantitative estimate of drug-likeness (QED) is 0.763. The third-order valence-electron chi connectivity index (χ3n) is 3.74. The number of carbonyl (C=O) groups excluding carboxylic acids is 1. The summed E-state index contributed by atoms with van der Waals surface area (Å²) in [5.74, 6) is -1.70. The van der Waals surface area contributed by atoms with Crippen LogP contribution in [-0.2, 0) is 15.0 Å². The van der Waals surface area contributed by atoms with E-state index in [1.807, 2.05) is 6.07 Å². The van der Waals surface area contributed by atoms with Crippen LogP contribution in [0.25, 0.3) is 5.69 Å². The monoisotopic (exact) mass is 351 g/mol. The van der Waals surface area contributed by atoms with E-state index in [1.54, 1.807) is 24.3 Å². The normalized spacial score (nSPS) is 18.1. The van der Waals surface area contributed by atoms with Crippen molar-refractivity contribution in [1.82, 2.24) is 9.78 Å². The Hall–Kier alpha value is -2.55. The van der Waals surface area contributed by atoms with Crippen molar-refractivity contribution >= 4 is 21.8 Å². The van der Waals surface area contributed by atoms with Gasteiger partial charge in [0, 0.05) is 24.9 Å². The van der Waals surface area contributed by atoms with Gasteiger partial charge in [0.2, 0.25) is 5.91 Å². The second-order valence-corrected chi connectivity index (χ2v) is 6.99. The van der Waals surface area contributed by atoms with Crippen LogP contribution in [-0.4, -0.2) is 36.4 Å². The summed E-state index contributed by atoms with van der Waals surface area (Å²) in [7, 11) is -4.65. The van der Waals surface area contributed by atoms with E-state index in [-0.39, 0.29) is 24.6 Å². The van der Waals surface area contributed by atoms with Crippen LogP contribution in [0.1, 0.15) is 6.42 Å². The second-order valence-electron chi connectivity index (χ2n) is 5.58. The highest BCUT2D eigenvalue weighted by Crippen LogP contribution is 2.25. The summed E-state index contributed by atoms with van der Waals surface area (Å²) in [4.78, 5) is 25.5. The summed E-state index contributed by atoms with van der Waals surface area (Å²) in [6.45, 7) is 0.0401. The summed E-state index contributed by atoms with van der Waals surface area (Å²) in [5.41, 5.74) is 0.437. The zero-order chi connectivity index (χ0) is 17.3. The second kappa shape index (κ2) is 6.16. The molecule has 9 heteroatoms. The molecule has 0 radical (unpaired) electrons. The van der Waals surface area contributed by atoms with Gasteiger partial charge in [-0.05, 0) is 12.1 Å². The van der Waals surface area contributed by atoms with Crippen molar-refractivity contribution in [3.63, 3.8) is 0 Å². The first-order valence-corrected chi connectivity index (χ1v) is 8.76. The number of nitrogens with zero attached hydrogens (tertiary/aromatic N) is 3. The van der Waals surface area contributed by atoms with E-state index in [2.05, 4.69) is 5.10 Å². The third-order valence-corrected chi connectivity index (χ3v) is 4.61. The highest BCUT2D eigenvalue weighted by Gasteiger charge is 2.34. The van der Waals surface area contributed by atoms with E-state index in [4.69, 9.17) is 0 Å². The molecule has 1 amide bonds. The number of anilines is 1. The molecule has 1 aromatic heterocycles. The predicted molar refractivity (Wildman–Crippen MR) is 85.2 cm³/mol. The molecule has 24 heavy (non-hydrogen) atoms. The van der Waals surface area contributed by atoms with Crippen LogP contribution < -0.4 is 10.5 Å². The molecule has 0 bridgehead atoms. The molecule has 1 aliphatic heterocycles. The summed E-state index contributed by atoms with van der Waals surface area (Å²) in [6, 6.07) is 10.0. The maximum absolute atomic E-state index is 12.8. The molecule has 126 valence electrons. The van der Waals surface area contributed by atoms with Crippen molar-refractivity contribution in [2.75, 3.05) is 17.2 Å². The molecule has 3 rings (SSSR count). The van der Waals surface area contributed by atoms with Crippen molar-refractivity contribution in [2.24, 2.45) is 5.92 Å². The van der Waals surface area contributed by atoms with E-state index in [0.717, 1.165) is 0 Å². The maximum atomic E-state index is 12.8. The Bertz CT molecular complexity index is 927. The van der Waals surface area contributed by atoms with Gasteiger partial charge < -0.3 is 4.90 Å². The highest BCUT2D eigenvalue weighted by molar-refractivity contribution is 7.86. The standard InChI is InChI=1S/C15H14FN3O4S/c16-24(22,23)10-11-6-14(20)18(9-11)13-7-15(21)19(17-8-13)12-4-2-1-3-5-12/h1-5,7-8,11H,6,9-10H2. The summed E-state index contributed by atoms with van der Waals surface area (Å²) in [5, 5.41) is 4.05. The van der Waals surface area contributed by atoms with Gasteiger partial charge in [-0.15, -0.1) is 3.89 Å². The minimum Gasteiger partial charge on any atom is -0.310 e. The summed E-state index contributed by atoms with van der Waals surface area (Å²) < 4.78 is 35.4. The Morgan fingerprint density at radius 3 is 2.50 bits per heavy atom. The largest absolute Gasteiger partial charge is 0.310 e. The summed E-state index contributed by atoms with van der Waals surface area (Å²) >= 11 is 0. The lowest BCUT2D eigenvalue weighted by atomic mass is 10.1. The van der Waals surface area contributed by atoms with Crippen molar-refractivity contribution in [2.45, 2.75) is 6.42 Å². The Labute approximate surface area is 137 Å². The lowest BCUT2D eigenvalue weighted by molar-refractivity contribution is -0.117. The number of para-hydroxylation sites is 1. The average molecular weight is 351 g/mol. The predicted octanol–water partition coefficient (Wildman–Crippen LogP) is 0.885. The van der Waals surface area contributed by atoms with Crippen molar-refractivity contribution < 1.29 is 17.1 Å². The number of aromatic nitrogens is 2. The van der Waals surface area contributed by atoms with Crippen LogP contribution in [0.2, 0.25) is 0 Å². The van der Waals surface area contributed by atoms with Crippen molar-refractivity contribution in [3.05, 3.63) is 52.9 Å². The first-order chi connectivity index (χ1) is 11.3. The molecule has 1 fully saturated rings. The first-order valence-electron chi connectivity index (χ1n) is 7.21. The number of carbonyl (C=O) groups is 1. The van der Waals surface area contributed by atoms with Crippen LogP contribution in [0.15, 0.2) is 47.4 Å². The van der Waals surface area contributed by atoms with Gasteiger partial charge in [0.25, 0.3) is 5.56 Å². The van der Waals surface area contributed by atoms with E-state index >= 15 is 0 Å². The third kappa shape index (κ3) is 3.51. The Morgan fingerprint density at radius 1 is 1.17 bits per heavy atom. The number of hydrogen-bond donors (Lipinski definition) is 0. The molecule has 2 aromatic rings. The number of rotatable bonds is 4. The molecule has 0 spiro atoms. The Balaban J connectivity index is 1.85. The molecule has 1 atom stereocenters. The minimum atomic E-state index is -4.65. The molecule has 1 saturated heterocycles. The molecule has 1 aromatic carbocycles. The molecule has 1 unspecified atom stereocenters. The minimum absolute atomic E-state index is 0.0401. The number of benzene rings is 1. The van der Waals surface area contributed by atoms with Gasteiger partial charge in [-0.2, -0.15) is 18.2 Å². The topological polar surface area (TPSA) is 89.3 Å². The molecule has 0 aliphatic carbocycles. The molecule has 7 nitrogen and oxygen atoms in total. The van der Waals surface area contributed by atoms with Crippen molar-refractivity contribution in [3.8, 4) is 5.69 Å². The van der Waals surface area contributed by atoms with Gasteiger partial charge in [0.1, 0.15) is 0 Å². The fraction of sp³-hybridized carbons (Fsp3) is 0.267. The van der Waals surface area contributed by atoms with Gasteiger partial charge in [-0.25, -0.2) is 0 Å². The lowest BCUT2D eigenvalue weighted by Crippen LogP contribution is -2.29. The van der Waals surface area contributed by atoms with Crippen LogP contribution >= 0.6 is 0 Å². The lowest BCUT2D eigenvalue weighted by Gasteiger charge is -2.16. The van der Waals surface area contributed by atoms with Crippen LogP contribution in [0.4, 0.5) is 9.57 Å². The van der Waals surface area contributed by atoms with Gasteiger partial charge in [0.15, 0.2) is 0 Å². The van der Waals surface area contributed by atoms with Crippen molar-refractivity contribution in [1.29, 1.82) is 0 Å². The maximum Gasteiger partial charge on any atom is 0.302 e. The molecule has 0 saturated carbocycles. The van der Waals surface area contributed by atoms with Crippen LogP contribution in [0.5, 0.6) is 0 Å². The molecular weight excluding hydrogens is 337 g/mol. The van der Waals surface area contributed by atoms with Gasteiger partial charge >= 0.3 is 10.2 Å². The molecular formula is C15H14FN3O4S. The van der Waals surface area contributed by atoms with Gasteiger partial charge in [0.05, 0.1) is 23.3 Å².